The van der Waals surface area contributed by atoms with Gasteiger partial charge in [0.15, 0.2) is 0 Å². The van der Waals surface area contributed by atoms with E-state index < -0.39 is 0 Å². The van der Waals surface area contributed by atoms with Crippen LogP contribution in [-0.2, 0) is 12.0 Å². The number of likely N-dealkylation sites (tertiary alicyclic amines) is 1. The minimum absolute atomic E-state index is 0.371. The topological polar surface area (TPSA) is 28.2 Å². The van der Waals surface area contributed by atoms with Crippen LogP contribution in [-0.4, -0.2) is 29.5 Å². The van der Waals surface area contributed by atoms with Gasteiger partial charge in [-0.1, -0.05) is 18.2 Å². The maximum atomic E-state index is 4.40. The highest BCUT2D eigenvalue weighted by atomic mass is 32.1. The number of piperidine rings is 1. The number of benzene rings is 1. The van der Waals surface area contributed by atoms with Crippen LogP contribution in [0, 0.1) is 0 Å². The molecule has 4 heteroatoms. The van der Waals surface area contributed by atoms with E-state index in [2.05, 4.69) is 44.8 Å². The summed E-state index contributed by atoms with van der Waals surface area (Å²) in [6.45, 7) is 4.48. The van der Waals surface area contributed by atoms with Crippen molar-refractivity contribution in [2.75, 3.05) is 25.0 Å². The van der Waals surface area contributed by atoms with E-state index in [0.29, 0.717) is 5.41 Å². The van der Waals surface area contributed by atoms with E-state index in [1.165, 1.54) is 42.2 Å². The van der Waals surface area contributed by atoms with Crippen LogP contribution in [0.4, 0.5) is 5.69 Å². The summed E-state index contributed by atoms with van der Waals surface area (Å²) in [4.78, 5) is 6.95. The van der Waals surface area contributed by atoms with Crippen LogP contribution < -0.4 is 5.32 Å². The van der Waals surface area contributed by atoms with E-state index >= 15 is 0 Å². The number of thiazole rings is 1. The van der Waals surface area contributed by atoms with Crippen molar-refractivity contribution >= 4 is 17.0 Å². The van der Waals surface area contributed by atoms with Crippen LogP contribution in [0.5, 0.6) is 0 Å². The molecule has 0 amide bonds. The molecule has 4 rings (SSSR count). The smallest absolute Gasteiger partial charge is 0.107 e. The number of rotatable bonds is 2. The normalized spacial score (nSPS) is 20.8. The summed E-state index contributed by atoms with van der Waals surface area (Å²) in [5, 5.41) is 6.90. The van der Waals surface area contributed by atoms with Crippen molar-refractivity contribution in [1.82, 2.24) is 9.88 Å². The molecule has 2 aliphatic heterocycles. The number of para-hydroxylation sites is 1. The Balaban J connectivity index is 1.47. The Morgan fingerprint density at radius 3 is 2.90 bits per heavy atom. The van der Waals surface area contributed by atoms with Crippen molar-refractivity contribution < 1.29 is 0 Å². The van der Waals surface area contributed by atoms with Gasteiger partial charge in [-0.25, -0.2) is 4.98 Å². The lowest BCUT2D eigenvalue weighted by Crippen LogP contribution is -2.43. The van der Waals surface area contributed by atoms with Gasteiger partial charge in [-0.15, -0.1) is 11.3 Å². The summed E-state index contributed by atoms with van der Waals surface area (Å²) < 4.78 is 0. The maximum absolute atomic E-state index is 4.40. The van der Waals surface area contributed by atoms with E-state index in [0.717, 1.165) is 13.1 Å². The molecule has 1 aromatic heterocycles. The molecule has 0 radical (unpaired) electrons. The van der Waals surface area contributed by atoms with Crippen molar-refractivity contribution in [2.45, 2.75) is 24.8 Å². The summed E-state index contributed by atoms with van der Waals surface area (Å²) in [5.74, 6) is 0. The number of aromatic nitrogens is 1. The molecule has 2 aromatic rings. The molecule has 1 spiro atoms. The van der Waals surface area contributed by atoms with Crippen molar-refractivity contribution in [3.63, 3.8) is 0 Å². The molecule has 0 aliphatic carbocycles. The highest BCUT2D eigenvalue weighted by Gasteiger charge is 2.41. The van der Waals surface area contributed by atoms with Crippen molar-refractivity contribution in [3.8, 4) is 0 Å². The van der Waals surface area contributed by atoms with Gasteiger partial charge in [-0.3, -0.25) is 4.90 Å². The Morgan fingerprint density at radius 2 is 2.10 bits per heavy atom. The molecule has 1 N–H and O–H groups in total. The fourth-order valence-corrected chi connectivity index (χ4v) is 4.22. The zero-order chi connectivity index (χ0) is 13.4. The number of hydrogen-bond acceptors (Lipinski definition) is 4. The van der Waals surface area contributed by atoms with E-state index in [4.69, 9.17) is 0 Å². The first-order valence-electron chi connectivity index (χ1n) is 7.30. The van der Waals surface area contributed by atoms with E-state index in [-0.39, 0.29) is 0 Å². The predicted octanol–water partition coefficient (Wildman–Crippen LogP) is 3.10. The number of anilines is 1. The Kier molecular flexibility index (Phi) is 3.00. The molecular weight excluding hydrogens is 266 g/mol. The van der Waals surface area contributed by atoms with Crippen molar-refractivity contribution in [3.05, 3.63) is 46.4 Å². The van der Waals surface area contributed by atoms with Gasteiger partial charge >= 0.3 is 0 Å². The van der Waals surface area contributed by atoms with Gasteiger partial charge in [0.1, 0.15) is 5.01 Å². The predicted molar refractivity (Wildman–Crippen MR) is 83.2 cm³/mol. The SMILES string of the molecule is c1ccc2c(c1)NCC21CCN(Cc2nccs2)CC1. The van der Waals surface area contributed by atoms with Crippen LogP contribution in [0.1, 0.15) is 23.4 Å². The summed E-state index contributed by atoms with van der Waals surface area (Å²) >= 11 is 1.76. The number of hydrogen-bond donors (Lipinski definition) is 1. The van der Waals surface area contributed by atoms with Gasteiger partial charge in [0.2, 0.25) is 0 Å². The largest absolute Gasteiger partial charge is 0.384 e. The summed E-state index contributed by atoms with van der Waals surface area (Å²) in [6.07, 6.45) is 4.41. The Labute approximate surface area is 123 Å². The molecule has 20 heavy (non-hydrogen) atoms. The third kappa shape index (κ3) is 2.03. The van der Waals surface area contributed by atoms with Gasteiger partial charge < -0.3 is 5.32 Å². The molecule has 1 saturated heterocycles. The summed E-state index contributed by atoms with van der Waals surface area (Å²) in [7, 11) is 0. The Morgan fingerprint density at radius 1 is 1.25 bits per heavy atom. The quantitative estimate of drug-likeness (QED) is 0.919. The number of nitrogens with one attached hydrogen (secondary N) is 1. The second-order valence-electron chi connectivity index (χ2n) is 5.88. The summed E-state index contributed by atoms with van der Waals surface area (Å²) in [6, 6.07) is 8.83. The highest BCUT2D eigenvalue weighted by Crippen LogP contribution is 2.43. The third-order valence-electron chi connectivity index (χ3n) is 4.77. The van der Waals surface area contributed by atoms with E-state index in [1.807, 2.05) is 6.20 Å². The van der Waals surface area contributed by atoms with Crippen LogP contribution in [0.2, 0.25) is 0 Å². The molecule has 3 heterocycles. The molecule has 104 valence electrons. The minimum Gasteiger partial charge on any atom is -0.384 e. The Bertz CT molecular complexity index is 586. The summed E-state index contributed by atoms with van der Waals surface area (Å²) in [5.41, 5.74) is 3.26. The number of fused-ring (bicyclic) bond motifs is 2. The first-order chi connectivity index (χ1) is 9.86. The van der Waals surface area contributed by atoms with E-state index in [9.17, 15) is 0 Å². The first-order valence-corrected chi connectivity index (χ1v) is 8.18. The average Bonchev–Trinajstić information content (AvgIpc) is 3.11. The molecule has 0 saturated carbocycles. The van der Waals surface area contributed by atoms with Gasteiger partial charge in [0, 0.05) is 29.2 Å². The number of nitrogens with zero attached hydrogens (tertiary/aromatic N) is 2. The van der Waals surface area contributed by atoms with Crippen LogP contribution in [0.25, 0.3) is 0 Å². The molecule has 3 nitrogen and oxygen atoms in total. The maximum Gasteiger partial charge on any atom is 0.107 e. The standard InChI is InChI=1S/C16H19N3S/c1-2-4-14-13(3-1)16(12-18-14)5-8-19(9-6-16)11-15-17-7-10-20-15/h1-4,7,10,18H,5-6,8-9,11-12H2. The van der Waals surface area contributed by atoms with Crippen molar-refractivity contribution in [1.29, 1.82) is 0 Å². The van der Waals surface area contributed by atoms with Crippen molar-refractivity contribution in [2.24, 2.45) is 0 Å². The zero-order valence-electron chi connectivity index (χ0n) is 11.5. The molecule has 0 atom stereocenters. The first kappa shape index (κ1) is 12.4. The van der Waals surface area contributed by atoms with Crippen LogP contribution in [0.3, 0.4) is 0 Å². The lowest BCUT2D eigenvalue weighted by molar-refractivity contribution is 0.162. The molecule has 1 aromatic carbocycles. The third-order valence-corrected chi connectivity index (χ3v) is 5.54. The molecule has 2 aliphatic rings. The minimum atomic E-state index is 0.371. The molecule has 0 bridgehead atoms. The average molecular weight is 285 g/mol. The lowest BCUT2D eigenvalue weighted by atomic mass is 9.74. The lowest BCUT2D eigenvalue weighted by Gasteiger charge is -2.39. The fourth-order valence-electron chi connectivity index (χ4n) is 3.57. The van der Waals surface area contributed by atoms with Gasteiger partial charge in [0.05, 0.1) is 6.54 Å². The monoisotopic (exact) mass is 285 g/mol. The second kappa shape index (κ2) is 4.86. The van der Waals surface area contributed by atoms with Crippen LogP contribution in [0.15, 0.2) is 35.8 Å². The zero-order valence-corrected chi connectivity index (χ0v) is 12.3. The molecule has 0 unspecified atom stereocenters. The Hall–Kier alpha value is -1.39. The van der Waals surface area contributed by atoms with Gasteiger partial charge in [0.25, 0.3) is 0 Å². The second-order valence-corrected chi connectivity index (χ2v) is 6.86. The highest BCUT2D eigenvalue weighted by molar-refractivity contribution is 7.09. The fraction of sp³-hybridized carbons (Fsp3) is 0.438. The van der Waals surface area contributed by atoms with Gasteiger partial charge in [-0.2, -0.15) is 0 Å². The van der Waals surface area contributed by atoms with Gasteiger partial charge in [-0.05, 0) is 37.6 Å². The molecular formula is C16H19N3S. The van der Waals surface area contributed by atoms with E-state index in [1.54, 1.807) is 11.3 Å². The van der Waals surface area contributed by atoms with Crippen LogP contribution >= 0.6 is 11.3 Å². The molecule has 1 fully saturated rings.